The van der Waals surface area contributed by atoms with Crippen molar-refractivity contribution in [1.82, 2.24) is 5.32 Å². The number of hydrogen-bond donors (Lipinski definition) is 2. The van der Waals surface area contributed by atoms with Crippen molar-refractivity contribution >= 4 is 46.4 Å². The zero-order valence-electron chi connectivity index (χ0n) is 17.5. The van der Waals surface area contributed by atoms with Gasteiger partial charge in [0, 0.05) is 49.7 Å². The lowest BCUT2D eigenvalue weighted by Crippen LogP contribution is -2.33. The number of halogens is 2. The Balaban J connectivity index is 1.82. The quantitative estimate of drug-likeness (QED) is 0.540. The summed E-state index contributed by atoms with van der Waals surface area (Å²) in [5.41, 5.74) is 2.27. The van der Waals surface area contributed by atoms with E-state index in [2.05, 4.69) is 15.5 Å². The second kappa shape index (κ2) is 11.4. The van der Waals surface area contributed by atoms with Crippen LogP contribution in [0.2, 0.25) is 10.0 Å². The predicted octanol–water partition coefficient (Wildman–Crippen LogP) is 5.00. The fourth-order valence-electron chi connectivity index (χ4n) is 3.59. The Kier molecular flexibility index (Phi) is 8.58. The Bertz CT molecular complexity index is 930. The number of ether oxygens (including phenoxy) is 1. The van der Waals surface area contributed by atoms with Gasteiger partial charge in [0.05, 0.1) is 16.1 Å². The molecule has 2 amide bonds. The molecule has 2 aromatic rings. The Hall–Kier alpha value is -2.28. The average Bonchev–Trinajstić information content (AvgIpc) is 2.77. The summed E-state index contributed by atoms with van der Waals surface area (Å²) in [6.45, 7) is 2.92. The number of anilines is 2. The molecule has 1 aliphatic rings. The molecule has 1 heterocycles. The summed E-state index contributed by atoms with van der Waals surface area (Å²) < 4.78 is 5.04. The van der Waals surface area contributed by atoms with E-state index in [0.29, 0.717) is 35.0 Å². The number of benzene rings is 2. The van der Waals surface area contributed by atoms with E-state index in [1.807, 2.05) is 12.1 Å². The van der Waals surface area contributed by atoms with Crippen LogP contribution in [0.3, 0.4) is 0 Å². The van der Waals surface area contributed by atoms with Gasteiger partial charge in [0.15, 0.2) is 0 Å². The second-order valence-electron chi connectivity index (χ2n) is 7.46. The molecule has 0 radical (unpaired) electrons. The fourth-order valence-corrected chi connectivity index (χ4v) is 4.09. The minimum atomic E-state index is -0.362. The van der Waals surface area contributed by atoms with E-state index < -0.39 is 0 Å². The van der Waals surface area contributed by atoms with Gasteiger partial charge >= 0.3 is 0 Å². The molecular formula is C23H27Cl2N3O3. The van der Waals surface area contributed by atoms with Gasteiger partial charge in [-0.1, -0.05) is 23.2 Å². The molecule has 2 aromatic carbocycles. The molecule has 1 saturated heterocycles. The highest BCUT2D eigenvalue weighted by atomic mass is 35.5. The molecule has 0 atom stereocenters. The van der Waals surface area contributed by atoms with Gasteiger partial charge in [-0.2, -0.15) is 0 Å². The van der Waals surface area contributed by atoms with Gasteiger partial charge in [0.2, 0.25) is 0 Å². The summed E-state index contributed by atoms with van der Waals surface area (Å²) in [7, 11) is 1.63. The Morgan fingerprint density at radius 1 is 1.00 bits per heavy atom. The smallest absolute Gasteiger partial charge is 0.257 e. The van der Waals surface area contributed by atoms with Crippen LogP contribution in [0.4, 0.5) is 11.4 Å². The number of carbonyl (C=O) groups excluding carboxylic acids is 2. The average molecular weight is 464 g/mol. The van der Waals surface area contributed by atoms with Crippen molar-refractivity contribution in [3.8, 4) is 0 Å². The van der Waals surface area contributed by atoms with Gasteiger partial charge in [-0.3, -0.25) is 9.59 Å². The number of rotatable bonds is 8. The molecule has 0 spiro atoms. The van der Waals surface area contributed by atoms with Gasteiger partial charge in [0.1, 0.15) is 0 Å². The van der Waals surface area contributed by atoms with Crippen molar-refractivity contribution < 1.29 is 14.3 Å². The number of nitrogens with one attached hydrogen (secondary N) is 2. The Labute approximate surface area is 192 Å². The number of hydrogen-bond acceptors (Lipinski definition) is 4. The minimum absolute atomic E-state index is 0.169. The van der Waals surface area contributed by atoms with Crippen molar-refractivity contribution in [3.63, 3.8) is 0 Å². The third-order valence-corrected chi connectivity index (χ3v) is 5.73. The predicted molar refractivity (Wildman–Crippen MR) is 126 cm³/mol. The molecule has 0 unspecified atom stereocenters. The van der Waals surface area contributed by atoms with Crippen molar-refractivity contribution in [1.29, 1.82) is 0 Å². The van der Waals surface area contributed by atoms with E-state index in [1.54, 1.807) is 25.3 Å². The molecule has 0 saturated carbocycles. The number of methoxy groups -OCH3 is 1. The summed E-state index contributed by atoms with van der Waals surface area (Å²) in [6.07, 6.45) is 4.13. The van der Waals surface area contributed by atoms with Gasteiger partial charge in [-0.25, -0.2) is 0 Å². The van der Waals surface area contributed by atoms with Crippen LogP contribution in [-0.4, -0.2) is 45.2 Å². The maximum Gasteiger partial charge on any atom is 0.257 e. The van der Waals surface area contributed by atoms with Crippen LogP contribution in [0.15, 0.2) is 36.4 Å². The molecule has 0 bridgehead atoms. The van der Waals surface area contributed by atoms with E-state index in [-0.39, 0.29) is 16.8 Å². The largest absolute Gasteiger partial charge is 0.385 e. The number of piperidine rings is 1. The van der Waals surface area contributed by atoms with Crippen LogP contribution in [-0.2, 0) is 4.74 Å². The number of nitrogens with zero attached hydrogens (tertiary/aromatic N) is 1. The SMILES string of the molecule is COCCCNC(=O)c1cc(NC(=O)c2ccc(Cl)cc2Cl)ccc1N1CCCCC1. The first kappa shape index (κ1) is 23.4. The van der Waals surface area contributed by atoms with Gasteiger partial charge in [-0.15, -0.1) is 0 Å². The Morgan fingerprint density at radius 2 is 1.77 bits per heavy atom. The summed E-state index contributed by atoms with van der Waals surface area (Å²) in [4.78, 5) is 27.9. The molecule has 6 nitrogen and oxygen atoms in total. The highest BCUT2D eigenvalue weighted by Crippen LogP contribution is 2.28. The standard InChI is InChI=1S/C23H27Cl2N3O3/c1-31-13-5-10-26-22(29)19-15-17(7-9-21(19)28-11-3-2-4-12-28)27-23(30)18-8-6-16(24)14-20(18)25/h6-9,14-15H,2-5,10-13H2,1H3,(H,26,29)(H,27,30). The van der Waals surface area contributed by atoms with Crippen LogP contribution >= 0.6 is 23.2 Å². The number of carbonyl (C=O) groups is 2. The maximum atomic E-state index is 12.9. The molecule has 0 aliphatic carbocycles. The fraction of sp³-hybridized carbons (Fsp3) is 0.391. The van der Waals surface area contributed by atoms with Crippen LogP contribution in [0.25, 0.3) is 0 Å². The second-order valence-corrected chi connectivity index (χ2v) is 8.30. The Morgan fingerprint density at radius 3 is 2.48 bits per heavy atom. The first-order valence-electron chi connectivity index (χ1n) is 10.4. The first-order chi connectivity index (χ1) is 15.0. The van der Waals surface area contributed by atoms with Gasteiger partial charge in [-0.05, 0) is 62.1 Å². The molecule has 1 aliphatic heterocycles. The van der Waals surface area contributed by atoms with Crippen molar-refractivity contribution in [3.05, 3.63) is 57.6 Å². The lowest BCUT2D eigenvalue weighted by molar-refractivity contribution is 0.0947. The van der Waals surface area contributed by atoms with Gasteiger partial charge in [0.25, 0.3) is 11.8 Å². The topological polar surface area (TPSA) is 70.7 Å². The van der Waals surface area contributed by atoms with Crippen molar-refractivity contribution in [2.75, 3.05) is 43.6 Å². The lowest BCUT2D eigenvalue weighted by atomic mass is 10.1. The van der Waals surface area contributed by atoms with E-state index in [4.69, 9.17) is 27.9 Å². The molecule has 3 rings (SSSR count). The highest BCUT2D eigenvalue weighted by Gasteiger charge is 2.20. The summed E-state index contributed by atoms with van der Waals surface area (Å²) >= 11 is 12.1. The molecule has 8 heteroatoms. The summed E-state index contributed by atoms with van der Waals surface area (Å²) in [5, 5.41) is 6.51. The van der Waals surface area contributed by atoms with Crippen molar-refractivity contribution in [2.24, 2.45) is 0 Å². The maximum absolute atomic E-state index is 12.9. The number of amides is 2. The third-order valence-electron chi connectivity index (χ3n) is 5.18. The minimum Gasteiger partial charge on any atom is -0.385 e. The van der Waals surface area contributed by atoms with Crippen LogP contribution in [0.1, 0.15) is 46.4 Å². The van der Waals surface area contributed by atoms with Crippen LogP contribution < -0.4 is 15.5 Å². The van der Waals surface area contributed by atoms with E-state index in [0.717, 1.165) is 38.0 Å². The lowest BCUT2D eigenvalue weighted by Gasteiger charge is -2.30. The van der Waals surface area contributed by atoms with Crippen LogP contribution in [0, 0.1) is 0 Å². The van der Waals surface area contributed by atoms with E-state index in [9.17, 15) is 9.59 Å². The zero-order valence-corrected chi connectivity index (χ0v) is 19.1. The zero-order chi connectivity index (χ0) is 22.2. The summed E-state index contributed by atoms with van der Waals surface area (Å²) in [5.74, 6) is -0.531. The monoisotopic (exact) mass is 463 g/mol. The van der Waals surface area contributed by atoms with E-state index in [1.165, 1.54) is 12.5 Å². The van der Waals surface area contributed by atoms with E-state index >= 15 is 0 Å². The first-order valence-corrected chi connectivity index (χ1v) is 11.2. The molecule has 0 aromatic heterocycles. The molecule has 2 N–H and O–H groups in total. The van der Waals surface area contributed by atoms with Crippen molar-refractivity contribution in [2.45, 2.75) is 25.7 Å². The van der Waals surface area contributed by atoms with Gasteiger partial charge < -0.3 is 20.3 Å². The molecule has 31 heavy (non-hydrogen) atoms. The van der Waals surface area contributed by atoms with Crippen LogP contribution in [0.5, 0.6) is 0 Å². The molecule has 166 valence electrons. The highest BCUT2D eigenvalue weighted by molar-refractivity contribution is 6.37. The third kappa shape index (κ3) is 6.35. The molecule has 1 fully saturated rings. The summed E-state index contributed by atoms with van der Waals surface area (Å²) in [6, 6.07) is 10.1. The normalized spacial score (nSPS) is 13.7. The molecular weight excluding hydrogens is 437 g/mol.